The van der Waals surface area contributed by atoms with Crippen molar-refractivity contribution in [3.63, 3.8) is 0 Å². The third-order valence-electron chi connectivity index (χ3n) is 8.04. The first-order valence-corrected chi connectivity index (χ1v) is 16.6. The summed E-state index contributed by atoms with van der Waals surface area (Å²) in [6.07, 6.45) is -3.56. The number of aryl methyl sites for hydroxylation is 1. The predicted molar refractivity (Wildman–Crippen MR) is 158 cm³/mol. The van der Waals surface area contributed by atoms with E-state index in [1.165, 1.54) is 4.90 Å². The van der Waals surface area contributed by atoms with Gasteiger partial charge in [-0.3, -0.25) is 4.79 Å². The molecule has 236 valence electrons. The minimum atomic E-state index is -4.83. The molecule has 0 spiro atoms. The molecule has 1 atom stereocenters. The van der Waals surface area contributed by atoms with Crippen LogP contribution in [0.15, 0.2) is 35.4 Å². The van der Waals surface area contributed by atoms with Crippen LogP contribution < -0.4 is 15.5 Å². The number of piperazine rings is 1. The molecule has 2 aromatic heterocycles. The number of benzene rings is 1. The summed E-state index contributed by atoms with van der Waals surface area (Å²) >= 11 is 0.683. The summed E-state index contributed by atoms with van der Waals surface area (Å²) in [4.78, 5) is 24.6. The summed E-state index contributed by atoms with van der Waals surface area (Å²) in [6.45, 7) is 4.62. The number of nitrogens with one attached hydrogen (secondary N) is 2. The normalized spacial score (nSPS) is 20.7. The molecule has 0 aliphatic carbocycles. The Labute approximate surface area is 256 Å². The van der Waals surface area contributed by atoms with Crippen molar-refractivity contribution in [1.82, 2.24) is 20.2 Å². The van der Waals surface area contributed by atoms with Crippen molar-refractivity contribution in [3.05, 3.63) is 46.5 Å². The van der Waals surface area contributed by atoms with Gasteiger partial charge in [-0.2, -0.15) is 13.2 Å². The Bertz CT molecular complexity index is 1680. The second kappa shape index (κ2) is 11.9. The van der Waals surface area contributed by atoms with E-state index in [0.29, 0.717) is 36.2 Å². The zero-order valence-electron chi connectivity index (χ0n) is 23.7. The van der Waals surface area contributed by atoms with Gasteiger partial charge >= 0.3 is 6.18 Å². The fourth-order valence-corrected chi connectivity index (χ4v) is 8.43. The van der Waals surface area contributed by atoms with E-state index in [1.807, 2.05) is 25.1 Å². The van der Waals surface area contributed by atoms with Crippen LogP contribution in [0.1, 0.15) is 27.7 Å². The molecule has 44 heavy (non-hydrogen) atoms. The Morgan fingerprint density at radius 2 is 2.02 bits per heavy atom. The van der Waals surface area contributed by atoms with E-state index in [1.54, 1.807) is 0 Å². The number of fused-ring (bicyclic) bond motifs is 1. The van der Waals surface area contributed by atoms with Crippen LogP contribution in [0, 0.1) is 0 Å². The second-order valence-corrected chi connectivity index (χ2v) is 14.0. The monoisotopic (exact) mass is 652 g/mol. The molecule has 0 radical (unpaired) electrons. The number of nitrogens with zero attached hydrogens (tertiary/aromatic N) is 4. The third kappa shape index (κ3) is 5.88. The first-order chi connectivity index (χ1) is 21.0. The number of anilines is 3. The maximum absolute atomic E-state index is 14.2. The van der Waals surface area contributed by atoms with Crippen LogP contribution >= 0.6 is 11.3 Å². The average Bonchev–Trinajstić information content (AvgIpc) is 3.41. The van der Waals surface area contributed by atoms with E-state index < -0.39 is 33.2 Å². The Hall–Kier alpha value is -3.31. The number of hydrogen-bond donors (Lipinski definition) is 3. The number of sulfone groups is 1. The number of halogens is 3. The Kier molecular flexibility index (Phi) is 8.30. The number of aliphatic hydroxyl groups is 1. The minimum absolute atomic E-state index is 0.0173. The maximum Gasteiger partial charge on any atom is 0.420 e. The van der Waals surface area contributed by atoms with Gasteiger partial charge < -0.3 is 30.3 Å². The van der Waals surface area contributed by atoms with Crippen molar-refractivity contribution in [3.8, 4) is 10.6 Å². The highest BCUT2D eigenvalue weighted by Gasteiger charge is 2.41. The number of aromatic nitrogens is 2. The zero-order valence-corrected chi connectivity index (χ0v) is 25.4. The Morgan fingerprint density at radius 1 is 1.23 bits per heavy atom. The highest BCUT2D eigenvalue weighted by Crippen LogP contribution is 2.42. The van der Waals surface area contributed by atoms with Crippen molar-refractivity contribution in [2.75, 3.05) is 62.0 Å². The molecule has 2 fully saturated rings. The summed E-state index contributed by atoms with van der Waals surface area (Å²) in [5.41, 5.74) is 0.784. The average molecular weight is 653 g/mol. The van der Waals surface area contributed by atoms with Crippen LogP contribution in [0.2, 0.25) is 0 Å². The topological polar surface area (TPSA) is 137 Å². The zero-order chi connectivity index (χ0) is 31.2. The first-order valence-electron chi connectivity index (χ1n) is 14.2. The highest BCUT2D eigenvalue weighted by atomic mass is 32.2. The van der Waals surface area contributed by atoms with E-state index in [2.05, 4.69) is 25.5 Å². The van der Waals surface area contributed by atoms with Gasteiger partial charge in [0.2, 0.25) is 5.95 Å². The van der Waals surface area contributed by atoms with E-state index >= 15 is 0 Å². The van der Waals surface area contributed by atoms with Crippen LogP contribution in [0.3, 0.4) is 0 Å². The lowest BCUT2D eigenvalue weighted by Gasteiger charge is -2.36. The number of rotatable bonds is 7. The van der Waals surface area contributed by atoms with Gasteiger partial charge in [0.15, 0.2) is 9.84 Å². The van der Waals surface area contributed by atoms with Crippen LogP contribution in [-0.2, 0) is 27.2 Å². The number of hydrogen-bond acceptors (Lipinski definition) is 11. The number of carbonyl (C=O) groups is 1. The molecule has 6 rings (SSSR count). The van der Waals surface area contributed by atoms with Gasteiger partial charge in [-0.25, -0.2) is 18.4 Å². The number of ether oxygens (including phenoxy) is 1. The number of alkyl halides is 3. The molecule has 5 heterocycles. The van der Waals surface area contributed by atoms with Crippen molar-refractivity contribution in [1.29, 1.82) is 0 Å². The standard InChI is InChI=1S/C28H31F3N6O5S2/c1-2-16-9-18(36-6-5-32-17(12-36)13-38)3-4-21(16)34-27-33-11-20(28(29,30)31)24(35-27)22-10-23-25(43-22)26(39)37(19-14-42-15-19)7-8-44(23,40)41/h3-4,9-11,17,19,32,38H,2,5-8,12-15H2,1H3,(H,33,34,35)/t17-/m1/s1. The molecule has 3 N–H and O–H groups in total. The maximum atomic E-state index is 14.2. The molecule has 2 saturated heterocycles. The van der Waals surface area contributed by atoms with Gasteiger partial charge in [-0.05, 0) is 36.2 Å². The predicted octanol–water partition coefficient (Wildman–Crippen LogP) is 2.93. The van der Waals surface area contributed by atoms with Crippen molar-refractivity contribution in [2.45, 2.75) is 36.5 Å². The molecular weight excluding hydrogens is 621 g/mol. The molecular formula is C28H31F3N6O5S2. The van der Waals surface area contributed by atoms with Gasteiger partial charge in [0.25, 0.3) is 5.91 Å². The SMILES string of the molecule is CCc1cc(N2CCN[C@@H](CO)C2)ccc1Nc1ncc(C(F)(F)F)c(-c2cc3c(s2)C(=O)N(C2COC2)CCS3(=O)=O)n1. The van der Waals surface area contributed by atoms with Crippen molar-refractivity contribution in [2.24, 2.45) is 0 Å². The van der Waals surface area contributed by atoms with Crippen LogP contribution in [0.5, 0.6) is 0 Å². The van der Waals surface area contributed by atoms with Gasteiger partial charge in [0.05, 0.1) is 47.1 Å². The van der Waals surface area contributed by atoms with Crippen LogP contribution in [-0.4, -0.2) is 98.1 Å². The molecule has 3 aromatic rings. The number of carbonyl (C=O) groups excluding carboxylic acids is 1. The first kappa shape index (κ1) is 30.7. The molecule has 16 heteroatoms. The lowest BCUT2D eigenvalue weighted by Crippen LogP contribution is -2.52. The highest BCUT2D eigenvalue weighted by molar-refractivity contribution is 7.91. The summed E-state index contributed by atoms with van der Waals surface area (Å²) in [6, 6.07) is 6.48. The number of thiophene rings is 1. The summed E-state index contributed by atoms with van der Waals surface area (Å²) < 4.78 is 73.8. The minimum Gasteiger partial charge on any atom is -0.395 e. The lowest BCUT2D eigenvalue weighted by atomic mass is 10.1. The summed E-state index contributed by atoms with van der Waals surface area (Å²) in [5, 5.41) is 15.8. The smallest absolute Gasteiger partial charge is 0.395 e. The molecule has 3 aliphatic heterocycles. The molecule has 1 amide bonds. The number of amides is 1. The van der Waals surface area contributed by atoms with Gasteiger partial charge in [-0.15, -0.1) is 11.3 Å². The Morgan fingerprint density at radius 3 is 2.70 bits per heavy atom. The van der Waals surface area contributed by atoms with Gasteiger partial charge in [0.1, 0.15) is 10.4 Å². The van der Waals surface area contributed by atoms with Crippen LogP contribution in [0.25, 0.3) is 10.6 Å². The summed E-state index contributed by atoms with van der Waals surface area (Å²) in [7, 11) is -3.94. The molecule has 0 bridgehead atoms. The lowest BCUT2D eigenvalue weighted by molar-refractivity contribution is -0.137. The fourth-order valence-electron chi connectivity index (χ4n) is 5.51. The third-order valence-corrected chi connectivity index (χ3v) is 11.0. The van der Waals surface area contributed by atoms with E-state index in [0.717, 1.165) is 30.4 Å². The van der Waals surface area contributed by atoms with E-state index in [-0.39, 0.29) is 64.8 Å². The molecule has 0 saturated carbocycles. The van der Waals surface area contributed by atoms with Crippen LogP contribution in [0.4, 0.5) is 30.5 Å². The van der Waals surface area contributed by atoms with Crippen molar-refractivity contribution < 1.29 is 36.2 Å². The van der Waals surface area contributed by atoms with Gasteiger partial charge in [0, 0.05) is 49.8 Å². The van der Waals surface area contributed by atoms with E-state index in [9.17, 15) is 31.5 Å². The number of aliphatic hydroxyl groups excluding tert-OH is 1. The van der Waals surface area contributed by atoms with Crippen molar-refractivity contribution >= 4 is 44.4 Å². The largest absolute Gasteiger partial charge is 0.420 e. The molecule has 3 aliphatic rings. The molecule has 0 unspecified atom stereocenters. The second-order valence-electron chi connectivity index (χ2n) is 10.9. The fraction of sp³-hybridized carbons (Fsp3) is 0.464. The Balaban J connectivity index is 1.35. The quantitative estimate of drug-likeness (QED) is 0.350. The summed E-state index contributed by atoms with van der Waals surface area (Å²) in [5.74, 6) is -0.996. The van der Waals surface area contributed by atoms with E-state index in [4.69, 9.17) is 4.74 Å². The molecule has 1 aromatic carbocycles. The van der Waals surface area contributed by atoms with Gasteiger partial charge in [-0.1, -0.05) is 6.92 Å². The molecule has 11 nitrogen and oxygen atoms in total.